The molecule has 1 aliphatic heterocycles. The second-order valence-corrected chi connectivity index (χ2v) is 10.1. The van der Waals surface area contributed by atoms with Crippen molar-refractivity contribution in [2.24, 2.45) is 0 Å². The van der Waals surface area contributed by atoms with E-state index in [4.69, 9.17) is 0 Å². The molecule has 4 rings (SSSR count). The van der Waals surface area contributed by atoms with Crippen LogP contribution in [-0.2, 0) is 19.9 Å². The van der Waals surface area contributed by atoms with Crippen molar-refractivity contribution in [1.82, 2.24) is 0 Å². The monoisotopic (exact) mass is 399 g/mol. The first-order valence-electron chi connectivity index (χ1n) is 8.36. The van der Waals surface area contributed by atoms with Gasteiger partial charge in [0.1, 0.15) is 0 Å². The molecule has 0 amide bonds. The van der Waals surface area contributed by atoms with Gasteiger partial charge in [-0.25, -0.2) is 16.8 Å². The van der Waals surface area contributed by atoms with Gasteiger partial charge in [0.15, 0.2) is 9.84 Å². The second-order valence-electron chi connectivity index (χ2n) is 6.37. The lowest BCUT2D eigenvalue weighted by Gasteiger charge is -2.29. The fraction of sp³-hybridized carbons (Fsp3) is 0.100. The first-order chi connectivity index (χ1) is 12.9. The molecule has 0 unspecified atom stereocenters. The number of nitrogens with zero attached hydrogens (tertiary/aromatic N) is 1. The molecule has 0 aromatic heterocycles. The van der Waals surface area contributed by atoms with E-state index in [-0.39, 0.29) is 10.6 Å². The van der Waals surface area contributed by atoms with Crippen LogP contribution >= 0.6 is 0 Å². The maximum atomic E-state index is 13.5. The summed E-state index contributed by atoms with van der Waals surface area (Å²) >= 11 is 0. The van der Waals surface area contributed by atoms with Crippen LogP contribution in [0.3, 0.4) is 0 Å². The largest absolute Gasteiger partial charge is 0.264 e. The molecule has 1 atom stereocenters. The van der Waals surface area contributed by atoms with Gasteiger partial charge >= 0.3 is 0 Å². The average molecular weight is 399 g/mol. The molecular weight excluding hydrogens is 382 g/mol. The molecule has 0 saturated carbocycles. The molecule has 0 bridgehead atoms. The summed E-state index contributed by atoms with van der Waals surface area (Å²) in [6, 6.07) is 20.2. The Morgan fingerprint density at radius 2 is 1.52 bits per heavy atom. The van der Waals surface area contributed by atoms with Crippen LogP contribution in [-0.4, -0.2) is 28.6 Å². The molecule has 0 N–H and O–H groups in total. The number of rotatable bonds is 4. The van der Waals surface area contributed by atoms with Gasteiger partial charge in [0.25, 0.3) is 10.0 Å². The van der Waals surface area contributed by atoms with E-state index in [9.17, 15) is 16.8 Å². The number of para-hydroxylation sites is 1. The van der Waals surface area contributed by atoms with Gasteiger partial charge < -0.3 is 0 Å². The number of sulfone groups is 1. The predicted octanol–water partition coefficient (Wildman–Crippen LogP) is 3.35. The number of hydrogen-bond acceptors (Lipinski definition) is 4. The van der Waals surface area contributed by atoms with Gasteiger partial charge in [0.2, 0.25) is 0 Å². The highest BCUT2D eigenvalue weighted by molar-refractivity contribution is 7.95. The van der Waals surface area contributed by atoms with Crippen LogP contribution in [0.5, 0.6) is 0 Å². The topological polar surface area (TPSA) is 71.5 Å². The van der Waals surface area contributed by atoms with Crippen molar-refractivity contribution in [3.8, 4) is 0 Å². The summed E-state index contributed by atoms with van der Waals surface area (Å²) in [6.07, 6.45) is 1.43. The van der Waals surface area contributed by atoms with Crippen molar-refractivity contribution in [3.63, 3.8) is 0 Å². The molecule has 0 spiro atoms. The first-order valence-corrected chi connectivity index (χ1v) is 11.5. The average Bonchev–Trinajstić information content (AvgIpc) is 3.01. The Bertz CT molecular complexity index is 1230. The molecule has 0 fully saturated rings. The zero-order chi connectivity index (χ0) is 19.1. The number of hydrogen-bond donors (Lipinski definition) is 0. The normalized spacial score (nSPS) is 18.6. The lowest BCUT2D eigenvalue weighted by atomic mass is 10.1. The van der Waals surface area contributed by atoms with Gasteiger partial charge in [-0.2, -0.15) is 0 Å². The number of benzene rings is 3. The third-order valence-electron chi connectivity index (χ3n) is 4.50. The quantitative estimate of drug-likeness (QED) is 0.675. The van der Waals surface area contributed by atoms with Gasteiger partial charge in [0, 0.05) is 5.41 Å². The van der Waals surface area contributed by atoms with E-state index < -0.39 is 25.9 Å². The Labute approximate surface area is 158 Å². The van der Waals surface area contributed by atoms with Gasteiger partial charge in [-0.1, -0.05) is 48.5 Å². The number of anilines is 1. The molecule has 3 aromatic carbocycles. The maximum absolute atomic E-state index is 13.5. The second kappa shape index (κ2) is 6.51. The van der Waals surface area contributed by atoms with Crippen molar-refractivity contribution < 1.29 is 16.8 Å². The summed E-state index contributed by atoms with van der Waals surface area (Å²) in [4.78, 5) is 0.128. The smallest absolute Gasteiger partial charge is 0.258 e. The molecule has 5 nitrogen and oxygen atoms in total. The molecule has 1 heterocycles. The minimum atomic E-state index is -3.96. The zero-order valence-electron chi connectivity index (χ0n) is 14.3. The maximum Gasteiger partial charge on any atom is 0.264 e. The van der Waals surface area contributed by atoms with E-state index >= 15 is 0 Å². The Hall–Kier alpha value is -2.64. The van der Waals surface area contributed by atoms with E-state index in [1.54, 1.807) is 48.5 Å². The standard InChI is InChI=1S/C20H17NO4S2/c22-26(23)13-12-19(15-26)21(18-8-2-1-3-9-18)27(24,25)20-11-10-16-6-4-5-7-17(16)14-20/h1-14,19H,15H2/t19-/m0/s1. The molecule has 138 valence electrons. The van der Waals surface area contributed by atoms with Gasteiger partial charge in [-0.3, -0.25) is 4.31 Å². The van der Waals surface area contributed by atoms with E-state index in [0.29, 0.717) is 5.69 Å². The molecule has 7 heteroatoms. The van der Waals surface area contributed by atoms with Crippen molar-refractivity contribution in [2.75, 3.05) is 10.1 Å². The minimum absolute atomic E-state index is 0.128. The summed E-state index contributed by atoms with van der Waals surface area (Å²) in [7, 11) is -7.37. The fourth-order valence-electron chi connectivity index (χ4n) is 3.23. The summed E-state index contributed by atoms with van der Waals surface area (Å²) < 4.78 is 51.9. The molecule has 0 saturated heterocycles. The Kier molecular flexibility index (Phi) is 4.28. The lowest BCUT2D eigenvalue weighted by Crippen LogP contribution is -2.41. The van der Waals surface area contributed by atoms with Gasteiger partial charge in [-0.05, 0) is 41.1 Å². The summed E-state index contributed by atoms with van der Waals surface area (Å²) in [6.45, 7) is 0. The number of sulfonamides is 1. The highest BCUT2D eigenvalue weighted by Crippen LogP contribution is 2.30. The SMILES string of the molecule is O=S1(=O)C=C[C@H](N(c2ccccc2)S(=O)(=O)c2ccc3ccccc3c2)C1. The highest BCUT2D eigenvalue weighted by atomic mass is 32.2. The molecule has 1 aliphatic rings. The van der Waals surface area contributed by atoms with Crippen LogP contribution in [0, 0.1) is 0 Å². The minimum Gasteiger partial charge on any atom is -0.258 e. The summed E-state index contributed by atoms with van der Waals surface area (Å²) in [5, 5.41) is 2.83. The molecule has 3 aromatic rings. The Morgan fingerprint density at radius 1 is 0.852 bits per heavy atom. The lowest BCUT2D eigenvalue weighted by molar-refractivity contribution is 0.586. The van der Waals surface area contributed by atoms with E-state index in [2.05, 4.69) is 0 Å². The first kappa shape index (κ1) is 17.8. The van der Waals surface area contributed by atoms with Crippen LogP contribution in [0.2, 0.25) is 0 Å². The van der Waals surface area contributed by atoms with Crippen LogP contribution in [0.15, 0.2) is 89.2 Å². The van der Waals surface area contributed by atoms with Crippen LogP contribution < -0.4 is 4.31 Å². The van der Waals surface area contributed by atoms with Crippen LogP contribution in [0.4, 0.5) is 5.69 Å². The van der Waals surface area contributed by atoms with Crippen LogP contribution in [0.1, 0.15) is 0 Å². The van der Waals surface area contributed by atoms with E-state index in [1.165, 1.54) is 10.4 Å². The molecular formula is C20H17NO4S2. The van der Waals surface area contributed by atoms with Crippen molar-refractivity contribution in [2.45, 2.75) is 10.9 Å². The molecule has 27 heavy (non-hydrogen) atoms. The predicted molar refractivity (Wildman–Crippen MR) is 107 cm³/mol. The van der Waals surface area contributed by atoms with Crippen molar-refractivity contribution >= 4 is 36.3 Å². The summed E-state index contributed by atoms with van der Waals surface area (Å²) in [5.41, 5.74) is 0.428. The third-order valence-corrected chi connectivity index (χ3v) is 7.73. The molecule has 0 aliphatic carbocycles. The van der Waals surface area contributed by atoms with Crippen molar-refractivity contribution in [3.05, 3.63) is 84.3 Å². The van der Waals surface area contributed by atoms with E-state index in [1.807, 2.05) is 24.3 Å². The summed E-state index contributed by atoms with van der Waals surface area (Å²) in [5.74, 6) is -0.269. The third kappa shape index (κ3) is 3.36. The van der Waals surface area contributed by atoms with Gasteiger partial charge in [0.05, 0.1) is 22.4 Å². The Morgan fingerprint density at radius 3 is 2.19 bits per heavy atom. The zero-order valence-corrected chi connectivity index (χ0v) is 15.9. The van der Waals surface area contributed by atoms with Crippen LogP contribution in [0.25, 0.3) is 10.8 Å². The fourth-order valence-corrected chi connectivity index (χ4v) is 6.24. The van der Waals surface area contributed by atoms with Crippen molar-refractivity contribution in [1.29, 1.82) is 0 Å². The van der Waals surface area contributed by atoms with E-state index in [0.717, 1.165) is 16.2 Å². The van der Waals surface area contributed by atoms with Gasteiger partial charge in [-0.15, -0.1) is 0 Å². The Balaban J connectivity index is 1.86. The number of fused-ring (bicyclic) bond motifs is 1. The highest BCUT2D eigenvalue weighted by Gasteiger charge is 2.35. The molecule has 0 radical (unpaired) electrons.